The molecule has 2 aliphatic carbocycles. The number of carbonyl (C=O) groups excluding carboxylic acids is 2. The molecule has 1 saturated heterocycles. The number of ketones is 1. The molecule has 0 amide bonds. The van der Waals surface area contributed by atoms with Crippen molar-refractivity contribution in [2.24, 2.45) is 28.6 Å². The summed E-state index contributed by atoms with van der Waals surface area (Å²) in [5, 5.41) is 0. The average Bonchev–Trinajstić information content (AvgIpc) is 3.49. The maximum Gasteiger partial charge on any atom is 0.312 e. The first-order valence-corrected chi connectivity index (χ1v) is 19.8. The van der Waals surface area contributed by atoms with E-state index in [2.05, 4.69) is 13.8 Å². The van der Waals surface area contributed by atoms with E-state index in [0.29, 0.717) is 32.5 Å². The molecule has 2 aliphatic heterocycles. The van der Waals surface area contributed by atoms with E-state index < -0.39 is 38.7 Å². The van der Waals surface area contributed by atoms with Crippen LogP contribution in [-0.4, -0.2) is 66.2 Å². The summed E-state index contributed by atoms with van der Waals surface area (Å²) < 4.78 is 48.9. The highest BCUT2D eigenvalue weighted by Gasteiger charge is 2.69. The van der Waals surface area contributed by atoms with E-state index in [4.69, 9.17) is 14.2 Å². The van der Waals surface area contributed by atoms with Gasteiger partial charge in [0, 0.05) is 30.5 Å². The first-order valence-electron chi connectivity index (χ1n) is 18.2. The van der Waals surface area contributed by atoms with E-state index in [-0.39, 0.29) is 53.3 Å². The average molecular weight is 686 g/mol. The molecule has 0 aromatic heterocycles. The smallest absolute Gasteiger partial charge is 0.312 e. The van der Waals surface area contributed by atoms with E-state index in [1.807, 2.05) is 78.8 Å². The number of fused-ring (bicyclic) bond motifs is 4. The highest BCUT2D eigenvalue weighted by atomic mass is 32.2. The zero-order chi connectivity index (χ0) is 35.3. The van der Waals surface area contributed by atoms with Gasteiger partial charge in [-0.15, -0.1) is 0 Å². The predicted octanol–water partition coefficient (Wildman–Crippen LogP) is 7.26. The van der Waals surface area contributed by atoms with Crippen LogP contribution in [0.4, 0.5) is 0 Å². The van der Waals surface area contributed by atoms with Crippen LogP contribution in [0, 0.1) is 28.6 Å². The minimum absolute atomic E-state index is 0.0395. The van der Waals surface area contributed by atoms with Gasteiger partial charge in [0.15, 0.2) is 5.78 Å². The van der Waals surface area contributed by atoms with Gasteiger partial charge in [-0.3, -0.25) is 9.59 Å². The molecule has 3 unspecified atom stereocenters. The van der Waals surface area contributed by atoms with Gasteiger partial charge in [0.2, 0.25) is 10.0 Å². The number of unbranched alkanes of at least 4 members (excludes halogenated alkanes) is 1. The first-order chi connectivity index (χ1) is 22.4. The van der Waals surface area contributed by atoms with Gasteiger partial charge in [-0.1, -0.05) is 58.0 Å². The van der Waals surface area contributed by atoms with Gasteiger partial charge in [-0.25, -0.2) is 8.42 Å². The Morgan fingerprint density at radius 3 is 2.29 bits per heavy atom. The molecule has 1 aromatic rings. The maximum absolute atomic E-state index is 14.4. The lowest BCUT2D eigenvalue weighted by atomic mass is 9.69. The normalized spacial score (nSPS) is 32.6. The van der Waals surface area contributed by atoms with E-state index in [0.717, 1.165) is 30.4 Å². The summed E-state index contributed by atoms with van der Waals surface area (Å²) in [5.41, 5.74) is -1.08. The molecule has 1 aromatic carbocycles. The Morgan fingerprint density at radius 2 is 1.69 bits per heavy atom. The Labute approximate surface area is 289 Å². The Balaban J connectivity index is 1.33. The van der Waals surface area contributed by atoms with Crippen molar-refractivity contribution in [2.75, 3.05) is 12.4 Å². The van der Waals surface area contributed by atoms with Crippen LogP contribution in [0.15, 0.2) is 42.0 Å². The minimum Gasteiger partial charge on any atom is -0.461 e. The zero-order valence-electron chi connectivity index (χ0n) is 30.7. The summed E-state index contributed by atoms with van der Waals surface area (Å²) in [6, 6.07) is 9.73. The van der Waals surface area contributed by atoms with Crippen molar-refractivity contribution in [2.45, 2.75) is 143 Å². The van der Waals surface area contributed by atoms with E-state index in [9.17, 15) is 18.0 Å². The van der Waals surface area contributed by atoms with Crippen molar-refractivity contribution < 1.29 is 32.2 Å². The van der Waals surface area contributed by atoms with E-state index in [1.54, 1.807) is 10.4 Å². The third-order valence-electron chi connectivity index (χ3n) is 12.6. The second kappa shape index (κ2) is 13.6. The number of carbonyl (C=O) groups is 2. The molecule has 3 fully saturated rings. The second-order valence-corrected chi connectivity index (χ2v) is 18.5. The highest BCUT2D eigenvalue weighted by molar-refractivity contribution is 7.89. The number of benzene rings is 1. The lowest BCUT2D eigenvalue weighted by Gasteiger charge is -2.44. The molecule has 2 heterocycles. The van der Waals surface area contributed by atoms with Gasteiger partial charge in [0.05, 0.1) is 18.3 Å². The number of hydrogen-bond donors (Lipinski definition) is 0. The second-order valence-electron chi connectivity index (χ2n) is 16.6. The van der Waals surface area contributed by atoms with Crippen LogP contribution >= 0.6 is 0 Å². The Kier molecular flexibility index (Phi) is 10.5. The molecule has 268 valence electrons. The van der Waals surface area contributed by atoms with Gasteiger partial charge >= 0.3 is 5.97 Å². The lowest BCUT2D eigenvalue weighted by Crippen LogP contribution is -2.52. The Morgan fingerprint density at radius 1 is 1.02 bits per heavy atom. The summed E-state index contributed by atoms with van der Waals surface area (Å²) in [6.45, 7) is 19.0. The number of esters is 1. The molecule has 6 atom stereocenters. The lowest BCUT2D eigenvalue weighted by molar-refractivity contribution is -0.170. The summed E-state index contributed by atoms with van der Waals surface area (Å²) in [6.07, 6.45) is 6.01. The first kappa shape index (κ1) is 37.2. The number of rotatable bonds is 15. The quantitative estimate of drug-likeness (QED) is 0.142. The van der Waals surface area contributed by atoms with Crippen LogP contribution in [0.3, 0.4) is 0 Å². The van der Waals surface area contributed by atoms with Gasteiger partial charge < -0.3 is 14.2 Å². The van der Waals surface area contributed by atoms with E-state index in [1.165, 1.54) is 0 Å². The van der Waals surface area contributed by atoms with Gasteiger partial charge in [0.1, 0.15) is 17.3 Å². The van der Waals surface area contributed by atoms with Crippen LogP contribution in [0.1, 0.15) is 113 Å². The fourth-order valence-electron chi connectivity index (χ4n) is 9.77. The molecule has 0 N–H and O–H groups in total. The highest BCUT2D eigenvalue weighted by Crippen LogP contribution is 2.67. The third-order valence-corrected chi connectivity index (χ3v) is 15.0. The summed E-state index contributed by atoms with van der Waals surface area (Å²) in [4.78, 5) is 28.1. The van der Waals surface area contributed by atoms with Crippen LogP contribution in [0.25, 0.3) is 0 Å². The number of nitrogens with zero attached hydrogens (tertiary/aromatic N) is 1. The molecule has 48 heavy (non-hydrogen) atoms. The maximum atomic E-state index is 14.4. The molecule has 4 aliphatic rings. The number of sulfonamides is 1. The number of hydrogen-bond acceptors (Lipinski definition) is 7. The zero-order valence-corrected chi connectivity index (χ0v) is 31.5. The number of ether oxygens (including phenoxy) is 3. The van der Waals surface area contributed by atoms with Gasteiger partial charge in [-0.05, 0) is 108 Å². The predicted molar refractivity (Wildman–Crippen MR) is 188 cm³/mol. The molecule has 9 heteroatoms. The van der Waals surface area contributed by atoms with Gasteiger partial charge in [-0.2, -0.15) is 4.31 Å². The fraction of sp³-hybridized carbons (Fsp3) is 0.744. The minimum atomic E-state index is -3.65. The fourth-order valence-corrected chi connectivity index (χ4v) is 12.6. The van der Waals surface area contributed by atoms with Crippen molar-refractivity contribution in [3.05, 3.63) is 47.5 Å². The summed E-state index contributed by atoms with van der Waals surface area (Å²) in [5.74, 6) is -1.00. The SMILES string of the molecule is CC(C)N(C(C)C)S(=O)(=O)CC12CCC(CC1OC(=O)[C@H]1C[C@@]3(C(C)C)O[C@]1(C)C(CCCCOCc1ccccc1)=CC3=O)C2(C)C. The van der Waals surface area contributed by atoms with Crippen molar-refractivity contribution in [1.29, 1.82) is 0 Å². The van der Waals surface area contributed by atoms with Crippen LogP contribution in [-0.2, 0) is 40.4 Å². The van der Waals surface area contributed by atoms with Crippen LogP contribution < -0.4 is 0 Å². The van der Waals surface area contributed by atoms with Crippen molar-refractivity contribution in [3.63, 3.8) is 0 Å². The largest absolute Gasteiger partial charge is 0.461 e. The summed E-state index contributed by atoms with van der Waals surface area (Å²) in [7, 11) is -3.65. The topological polar surface area (TPSA) is 99.2 Å². The van der Waals surface area contributed by atoms with Crippen molar-refractivity contribution in [1.82, 2.24) is 4.31 Å². The molecular formula is C39H59NO7S. The molecule has 0 radical (unpaired) electrons. The molecule has 0 spiro atoms. The molecule has 8 nitrogen and oxygen atoms in total. The molecule has 4 bridgehead atoms. The monoisotopic (exact) mass is 685 g/mol. The third kappa shape index (κ3) is 6.35. The summed E-state index contributed by atoms with van der Waals surface area (Å²) >= 11 is 0. The molecule has 5 rings (SSSR count). The molecule has 2 saturated carbocycles. The van der Waals surface area contributed by atoms with E-state index >= 15 is 0 Å². The van der Waals surface area contributed by atoms with Gasteiger partial charge in [0.25, 0.3) is 0 Å². The Hall–Kier alpha value is -2.07. The Bertz CT molecular complexity index is 1480. The van der Waals surface area contributed by atoms with Crippen molar-refractivity contribution in [3.8, 4) is 0 Å². The standard InChI is InChI=1S/C39H59NO7S/c1-26(2)39-23-32(37(9,47-39)31(21-33(39)41)17-13-14-20-45-24-29-15-11-10-12-16-29)35(42)46-34-22-30-18-19-38(34,36(30,7)8)25-48(43,44)40(27(3)4)28(5)6/h10-12,15-16,21,26-28,30,32,34H,13-14,17-20,22-25H2,1-9H3/t30?,32-,34?,37-,38?,39+/m1/s1. The van der Waals surface area contributed by atoms with Crippen molar-refractivity contribution >= 4 is 21.8 Å². The van der Waals surface area contributed by atoms with Crippen LogP contribution in [0.5, 0.6) is 0 Å². The molecular weight excluding hydrogens is 626 g/mol. The van der Waals surface area contributed by atoms with Crippen LogP contribution in [0.2, 0.25) is 0 Å².